The van der Waals surface area contributed by atoms with Crippen molar-refractivity contribution >= 4 is 40.7 Å². The predicted molar refractivity (Wildman–Crippen MR) is 189 cm³/mol. The largest absolute Gasteiger partial charge is 0.459 e. The van der Waals surface area contributed by atoms with Gasteiger partial charge in [-0.05, 0) is 63.8 Å². The molecule has 2 aliphatic heterocycles. The molecule has 2 saturated heterocycles. The summed E-state index contributed by atoms with van der Waals surface area (Å²) in [6, 6.07) is 14.1. The molecular formula is C40H43N5O7. The van der Waals surface area contributed by atoms with Crippen LogP contribution in [0.3, 0.4) is 0 Å². The van der Waals surface area contributed by atoms with Crippen molar-refractivity contribution in [3.8, 4) is 0 Å². The van der Waals surface area contributed by atoms with Gasteiger partial charge in [-0.1, -0.05) is 73.9 Å². The highest BCUT2D eigenvalue weighted by Gasteiger charge is 2.69. The zero-order chi connectivity index (χ0) is 36.0. The van der Waals surface area contributed by atoms with Crippen LogP contribution in [-0.4, -0.2) is 62.1 Å². The van der Waals surface area contributed by atoms with E-state index in [1.165, 1.54) is 11.2 Å². The molecule has 270 valence electrons. The first-order valence-electron chi connectivity index (χ1n) is 18.4. The van der Waals surface area contributed by atoms with Gasteiger partial charge in [0.05, 0.1) is 28.3 Å². The Balaban J connectivity index is 1.09. The molecule has 3 atom stereocenters. The molecule has 4 fully saturated rings. The molecule has 2 spiro atoms. The van der Waals surface area contributed by atoms with E-state index >= 15 is 0 Å². The molecule has 4 aliphatic rings. The zero-order valence-corrected chi connectivity index (χ0v) is 29.6. The number of hydrogen-bond donors (Lipinski definition) is 0. The number of fused-ring (bicyclic) bond motifs is 2. The van der Waals surface area contributed by atoms with Crippen LogP contribution in [0.2, 0.25) is 0 Å². The number of rotatable bonds is 7. The number of esters is 2. The van der Waals surface area contributed by atoms with Crippen LogP contribution < -0.4 is 4.90 Å². The Labute approximate surface area is 301 Å². The number of benzene rings is 2. The van der Waals surface area contributed by atoms with E-state index in [1.807, 2.05) is 38.1 Å². The molecule has 0 bridgehead atoms. The normalized spacial score (nSPS) is 23.8. The Morgan fingerprint density at radius 3 is 1.90 bits per heavy atom. The molecule has 2 amide bonds. The van der Waals surface area contributed by atoms with Crippen molar-refractivity contribution in [2.24, 2.45) is 10.8 Å². The number of hydrogen-bond acceptors (Lipinski definition) is 10. The molecule has 2 aromatic heterocycles. The lowest BCUT2D eigenvalue weighted by Gasteiger charge is -2.46. The Morgan fingerprint density at radius 1 is 0.769 bits per heavy atom. The molecule has 2 aromatic carbocycles. The highest BCUT2D eigenvalue weighted by molar-refractivity contribution is 6.26. The first kappa shape index (κ1) is 34.1. The summed E-state index contributed by atoms with van der Waals surface area (Å²) in [5, 5.41) is 0. The van der Waals surface area contributed by atoms with E-state index in [4.69, 9.17) is 14.2 Å². The predicted octanol–water partition coefficient (Wildman–Crippen LogP) is 6.59. The molecular weight excluding hydrogens is 662 g/mol. The topological polar surface area (TPSA) is 143 Å². The highest BCUT2D eigenvalue weighted by Crippen LogP contribution is 2.62. The average molecular weight is 706 g/mol. The average Bonchev–Trinajstić information content (AvgIpc) is 3.82. The lowest BCUT2D eigenvalue weighted by Crippen LogP contribution is -2.47. The molecule has 12 nitrogen and oxygen atoms in total. The van der Waals surface area contributed by atoms with Gasteiger partial charge in [-0.25, -0.2) is 29.4 Å². The number of ether oxygens (including phenoxy) is 3. The van der Waals surface area contributed by atoms with Crippen LogP contribution in [0.4, 0.5) is 5.82 Å². The summed E-state index contributed by atoms with van der Waals surface area (Å²) in [7, 11) is 0. The Morgan fingerprint density at radius 2 is 1.33 bits per heavy atom. The van der Waals surface area contributed by atoms with E-state index in [0.29, 0.717) is 48.0 Å². The molecule has 2 saturated carbocycles. The number of carbonyl (C=O) groups excluding carboxylic acids is 4. The maximum absolute atomic E-state index is 14.5. The van der Waals surface area contributed by atoms with Crippen LogP contribution in [-0.2, 0) is 23.8 Å². The van der Waals surface area contributed by atoms with E-state index in [9.17, 15) is 19.2 Å². The SMILES string of the molecule is Cc1ccc(C(=O)OC[C@H]2O[C@@H](n3cnc4c(N5C(=O)C6(CCCCC6)C6(CCCCC6)C5=O)ncnc43)C[C@@H]2OC(=O)c2ccc(C)cc2)cc1. The minimum atomic E-state index is -0.799. The van der Waals surface area contributed by atoms with Crippen LogP contribution in [0.25, 0.3) is 11.2 Å². The third kappa shape index (κ3) is 5.67. The second kappa shape index (κ2) is 13.5. The number of anilines is 1. The smallest absolute Gasteiger partial charge is 0.338 e. The Bertz CT molecular complexity index is 1980. The van der Waals surface area contributed by atoms with Gasteiger partial charge in [0.15, 0.2) is 17.0 Å². The summed E-state index contributed by atoms with van der Waals surface area (Å²) in [4.78, 5) is 70.3. The van der Waals surface area contributed by atoms with Crippen LogP contribution in [0.5, 0.6) is 0 Å². The van der Waals surface area contributed by atoms with Crippen molar-refractivity contribution in [3.63, 3.8) is 0 Å². The molecule has 2 aliphatic carbocycles. The molecule has 0 unspecified atom stereocenters. The zero-order valence-electron chi connectivity index (χ0n) is 29.6. The quantitative estimate of drug-likeness (QED) is 0.153. The lowest BCUT2D eigenvalue weighted by molar-refractivity contribution is -0.141. The minimum Gasteiger partial charge on any atom is -0.459 e. The molecule has 0 radical (unpaired) electrons. The number of aromatic nitrogens is 4. The number of carbonyl (C=O) groups is 4. The lowest BCUT2D eigenvalue weighted by atomic mass is 9.53. The summed E-state index contributed by atoms with van der Waals surface area (Å²) < 4.78 is 19.8. The molecule has 4 aromatic rings. The van der Waals surface area contributed by atoms with E-state index in [1.54, 1.807) is 35.2 Å². The van der Waals surface area contributed by atoms with Gasteiger partial charge < -0.3 is 14.2 Å². The van der Waals surface area contributed by atoms with Crippen molar-refractivity contribution in [1.29, 1.82) is 0 Å². The van der Waals surface area contributed by atoms with Crippen molar-refractivity contribution in [2.45, 2.75) is 103 Å². The summed E-state index contributed by atoms with van der Waals surface area (Å²) in [5.74, 6) is -1.18. The van der Waals surface area contributed by atoms with Gasteiger partial charge in [-0.3, -0.25) is 14.2 Å². The maximum atomic E-state index is 14.5. The standard InChI is InChI=1S/C40H43N5O7/c1-25-9-13-27(14-10-25)35(46)50-22-30-29(52-36(47)28-15-11-26(2)12-16-28)21-31(51-30)44-24-43-32-33(44)41-23-42-34(32)45-37(48)39(17-5-3-6-18-39)40(38(45)49)19-7-4-8-20-40/h9-16,23-24,29-31H,3-8,17-22H2,1-2H3/t29-,30+,31+/m0/s1. The van der Waals surface area contributed by atoms with Crippen LogP contribution in [0.15, 0.2) is 61.2 Å². The second-order valence-corrected chi connectivity index (χ2v) is 14.9. The van der Waals surface area contributed by atoms with Gasteiger partial charge >= 0.3 is 11.9 Å². The fraction of sp³-hybridized carbons (Fsp3) is 0.475. The molecule has 4 heterocycles. The third-order valence-electron chi connectivity index (χ3n) is 11.8. The first-order valence-corrected chi connectivity index (χ1v) is 18.4. The van der Waals surface area contributed by atoms with Crippen molar-refractivity contribution in [3.05, 3.63) is 83.4 Å². The highest BCUT2D eigenvalue weighted by atomic mass is 16.6. The van der Waals surface area contributed by atoms with E-state index in [-0.39, 0.29) is 30.7 Å². The summed E-state index contributed by atoms with van der Waals surface area (Å²) >= 11 is 0. The first-order chi connectivity index (χ1) is 25.2. The van der Waals surface area contributed by atoms with Gasteiger partial charge in [-0.15, -0.1) is 0 Å². The third-order valence-corrected chi connectivity index (χ3v) is 11.8. The Kier molecular flexibility index (Phi) is 8.89. The molecule has 12 heteroatoms. The number of nitrogens with zero attached hydrogens (tertiary/aromatic N) is 5. The summed E-state index contributed by atoms with van der Waals surface area (Å²) in [5.41, 5.74) is 2.07. The molecule has 8 rings (SSSR count). The van der Waals surface area contributed by atoms with Crippen LogP contribution in [0, 0.1) is 24.7 Å². The van der Waals surface area contributed by atoms with Gasteiger partial charge in [0.2, 0.25) is 11.8 Å². The van der Waals surface area contributed by atoms with Crippen molar-refractivity contribution in [1.82, 2.24) is 19.5 Å². The number of imide groups is 1. The molecule has 52 heavy (non-hydrogen) atoms. The van der Waals surface area contributed by atoms with E-state index < -0.39 is 41.2 Å². The fourth-order valence-corrected chi connectivity index (χ4v) is 9.00. The minimum absolute atomic E-state index is 0.163. The van der Waals surface area contributed by atoms with E-state index in [0.717, 1.165) is 49.7 Å². The van der Waals surface area contributed by atoms with E-state index in [2.05, 4.69) is 15.0 Å². The maximum Gasteiger partial charge on any atom is 0.338 e. The van der Waals surface area contributed by atoms with Crippen molar-refractivity contribution < 1.29 is 33.4 Å². The summed E-state index contributed by atoms with van der Waals surface area (Å²) in [6.07, 6.45) is 9.52. The van der Waals surface area contributed by atoms with Crippen molar-refractivity contribution in [2.75, 3.05) is 11.5 Å². The van der Waals surface area contributed by atoms with Crippen LogP contribution in [0.1, 0.15) is 109 Å². The summed E-state index contributed by atoms with van der Waals surface area (Å²) in [6.45, 7) is 3.71. The van der Waals surface area contributed by atoms with Crippen LogP contribution >= 0.6 is 0 Å². The second-order valence-electron chi connectivity index (χ2n) is 14.9. The van der Waals surface area contributed by atoms with Gasteiger partial charge in [0.1, 0.15) is 31.4 Å². The Hall–Kier alpha value is -4.97. The van der Waals surface area contributed by atoms with Gasteiger partial charge in [0, 0.05) is 6.42 Å². The molecule has 0 N–H and O–H groups in total. The fourth-order valence-electron chi connectivity index (χ4n) is 9.00. The number of aryl methyl sites for hydroxylation is 2. The van der Waals surface area contributed by atoms with Gasteiger partial charge in [-0.2, -0.15) is 0 Å². The number of imidazole rings is 1. The van der Waals surface area contributed by atoms with Gasteiger partial charge in [0.25, 0.3) is 0 Å². The number of amides is 2. The monoisotopic (exact) mass is 705 g/mol.